The number of benzene rings is 1. The van der Waals surface area contributed by atoms with Crippen molar-refractivity contribution in [2.45, 2.75) is 0 Å². The number of pyridine rings is 1. The van der Waals surface area contributed by atoms with E-state index in [1.807, 2.05) is 0 Å². The number of aromatic carboxylic acids is 1. The third-order valence-electron chi connectivity index (χ3n) is 2.39. The van der Waals surface area contributed by atoms with Gasteiger partial charge in [0.15, 0.2) is 11.6 Å². The van der Waals surface area contributed by atoms with Crippen LogP contribution in [0.5, 0.6) is 0 Å². The Morgan fingerprint density at radius 1 is 1.20 bits per heavy atom. The topological polar surface area (TPSA) is 88.2 Å². The quantitative estimate of drug-likeness (QED) is 0.805. The minimum Gasteiger partial charge on any atom is -0.478 e. The van der Waals surface area contributed by atoms with Crippen molar-refractivity contribution in [1.82, 2.24) is 4.98 Å². The van der Waals surface area contributed by atoms with Crippen molar-refractivity contribution >= 4 is 23.2 Å². The molecule has 8 heteroatoms. The van der Waals surface area contributed by atoms with Gasteiger partial charge in [-0.1, -0.05) is 0 Å². The fraction of sp³-hybridized carbons (Fsp3) is 0. The molecule has 0 saturated carbocycles. The molecular weight excluding hydrogens is 275 g/mol. The Balaban J connectivity index is 2.48. The van der Waals surface area contributed by atoms with E-state index in [1.165, 1.54) is 0 Å². The average Bonchev–Trinajstić information content (AvgIpc) is 2.34. The van der Waals surface area contributed by atoms with Crippen molar-refractivity contribution in [2.75, 3.05) is 11.1 Å². The molecule has 20 heavy (non-hydrogen) atoms. The normalized spacial score (nSPS) is 10.3. The van der Waals surface area contributed by atoms with Gasteiger partial charge < -0.3 is 16.2 Å². The summed E-state index contributed by atoms with van der Waals surface area (Å²) >= 11 is 0. The fourth-order valence-corrected chi connectivity index (χ4v) is 1.52. The number of carboxylic acids is 1. The SMILES string of the molecule is Nc1cnc(Nc2c(F)cc(F)cc2F)c(C(=O)O)c1. The lowest BCUT2D eigenvalue weighted by atomic mass is 10.2. The van der Waals surface area contributed by atoms with E-state index in [0.717, 1.165) is 12.3 Å². The van der Waals surface area contributed by atoms with Crippen molar-refractivity contribution in [2.24, 2.45) is 0 Å². The van der Waals surface area contributed by atoms with E-state index in [-0.39, 0.29) is 17.1 Å². The Bertz CT molecular complexity index is 669. The standard InChI is InChI=1S/C12H8F3N3O2/c13-5-1-8(14)10(9(15)2-5)18-11-7(12(19)20)3-6(16)4-17-11/h1-4H,16H2,(H,17,18)(H,19,20). The molecule has 1 aromatic heterocycles. The minimum atomic E-state index is -1.38. The lowest BCUT2D eigenvalue weighted by molar-refractivity contribution is 0.0697. The zero-order valence-electron chi connectivity index (χ0n) is 9.82. The summed E-state index contributed by atoms with van der Waals surface area (Å²) in [5.74, 6) is -5.20. The number of carboxylic acid groups (broad SMARTS) is 1. The van der Waals surface area contributed by atoms with Crippen LogP contribution in [0.15, 0.2) is 24.4 Å². The molecule has 1 heterocycles. The smallest absolute Gasteiger partial charge is 0.339 e. The van der Waals surface area contributed by atoms with Gasteiger partial charge in [0.05, 0.1) is 11.9 Å². The molecule has 0 aliphatic carbocycles. The Labute approximate surface area is 110 Å². The number of anilines is 3. The molecule has 0 aliphatic rings. The second-order valence-electron chi connectivity index (χ2n) is 3.84. The zero-order chi connectivity index (χ0) is 14.9. The molecule has 5 nitrogen and oxygen atoms in total. The molecule has 4 N–H and O–H groups in total. The molecular formula is C12H8F3N3O2. The molecule has 0 fully saturated rings. The molecule has 104 valence electrons. The van der Waals surface area contributed by atoms with E-state index < -0.39 is 29.1 Å². The van der Waals surface area contributed by atoms with E-state index in [1.54, 1.807) is 0 Å². The first-order valence-corrected chi connectivity index (χ1v) is 5.29. The van der Waals surface area contributed by atoms with Crippen molar-refractivity contribution < 1.29 is 23.1 Å². The van der Waals surface area contributed by atoms with Crippen LogP contribution in [0.4, 0.5) is 30.4 Å². The van der Waals surface area contributed by atoms with Gasteiger partial charge >= 0.3 is 5.97 Å². The van der Waals surface area contributed by atoms with Gasteiger partial charge in [-0.2, -0.15) is 0 Å². The van der Waals surface area contributed by atoms with Gasteiger partial charge in [0.25, 0.3) is 0 Å². The van der Waals surface area contributed by atoms with Crippen LogP contribution in [-0.2, 0) is 0 Å². The number of rotatable bonds is 3. The highest BCUT2D eigenvalue weighted by Gasteiger charge is 2.17. The molecule has 2 aromatic rings. The molecule has 0 amide bonds. The van der Waals surface area contributed by atoms with Crippen LogP contribution in [0, 0.1) is 17.5 Å². The molecule has 2 rings (SSSR count). The summed E-state index contributed by atoms with van der Waals surface area (Å²) in [5, 5.41) is 11.1. The van der Waals surface area contributed by atoms with Crippen molar-refractivity contribution in [3.05, 3.63) is 47.4 Å². The van der Waals surface area contributed by atoms with Crippen molar-refractivity contribution in [3.8, 4) is 0 Å². The van der Waals surface area contributed by atoms with Crippen molar-refractivity contribution in [1.29, 1.82) is 0 Å². The Morgan fingerprint density at radius 3 is 2.35 bits per heavy atom. The Morgan fingerprint density at radius 2 is 1.80 bits per heavy atom. The maximum Gasteiger partial charge on any atom is 0.339 e. The van der Waals surface area contributed by atoms with Gasteiger partial charge in [0.2, 0.25) is 0 Å². The summed E-state index contributed by atoms with van der Waals surface area (Å²) in [6.07, 6.45) is 1.12. The van der Waals surface area contributed by atoms with Crippen LogP contribution in [0.25, 0.3) is 0 Å². The molecule has 1 aromatic carbocycles. The molecule has 0 radical (unpaired) electrons. The van der Waals surface area contributed by atoms with E-state index >= 15 is 0 Å². The summed E-state index contributed by atoms with van der Waals surface area (Å²) < 4.78 is 39.7. The molecule has 0 bridgehead atoms. The third-order valence-corrected chi connectivity index (χ3v) is 2.39. The molecule has 0 saturated heterocycles. The number of aromatic nitrogens is 1. The molecule has 0 spiro atoms. The fourth-order valence-electron chi connectivity index (χ4n) is 1.52. The number of nitrogen functional groups attached to an aromatic ring is 1. The number of nitrogens with one attached hydrogen (secondary N) is 1. The maximum absolute atomic E-state index is 13.5. The number of hydrogen-bond acceptors (Lipinski definition) is 4. The van der Waals surface area contributed by atoms with Gasteiger partial charge in [-0.25, -0.2) is 22.9 Å². The van der Waals surface area contributed by atoms with Gasteiger partial charge in [-0.15, -0.1) is 0 Å². The maximum atomic E-state index is 13.5. The lowest BCUT2D eigenvalue weighted by Crippen LogP contribution is -2.08. The first-order chi connectivity index (χ1) is 9.38. The first kappa shape index (κ1) is 13.7. The summed E-state index contributed by atoms with van der Waals surface area (Å²) in [4.78, 5) is 14.7. The summed E-state index contributed by atoms with van der Waals surface area (Å²) in [7, 11) is 0. The van der Waals surface area contributed by atoms with E-state index in [2.05, 4.69) is 10.3 Å². The van der Waals surface area contributed by atoms with Crippen LogP contribution in [0.2, 0.25) is 0 Å². The van der Waals surface area contributed by atoms with Crippen molar-refractivity contribution in [3.63, 3.8) is 0 Å². The monoisotopic (exact) mass is 283 g/mol. The van der Waals surface area contributed by atoms with Gasteiger partial charge in [-0.05, 0) is 6.07 Å². The molecule has 0 unspecified atom stereocenters. The minimum absolute atomic E-state index is 0.0769. The van der Waals surface area contributed by atoms with Crippen LogP contribution in [-0.4, -0.2) is 16.1 Å². The summed E-state index contributed by atoms with van der Waals surface area (Å²) in [6.45, 7) is 0. The first-order valence-electron chi connectivity index (χ1n) is 5.29. The second kappa shape index (κ2) is 5.08. The highest BCUT2D eigenvalue weighted by molar-refractivity contribution is 5.94. The number of nitrogens with zero attached hydrogens (tertiary/aromatic N) is 1. The summed E-state index contributed by atoms with van der Waals surface area (Å²) in [6, 6.07) is 2.00. The highest BCUT2D eigenvalue weighted by Crippen LogP contribution is 2.26. The lowest BCUT2D eigenvalue weighted by Gasteiger charge is -2.10. The Kier molecular flexibility index (Phi) is 3.47. The predicted molar refractivity (Wildman–Crippen MR) is 65.2 cm³/mol. The number of halogens is 3. The summed E-state index contributed by atoms with van der Waals surface area (Å²) in [5.41, 5.74) is 4.39. The number of nitrogens with two attached hydrogens (primary N) is 1. The largest absolute Gasteiger partial charge is 0.478 e. The van der Waals surface area contributed by atoms with Gasteiger partial charge in [0.1, 0.15) is 22.9 Å². The molecule has 0 atom stereocenters. The van der Waals surface area contributed by atoms with E-state index in [0.29, 0.717) is 12.1 Å². The number of hydrogen-bond donors (Lipinski definition) is 3. The predicted octanol–water partition coefficient (Wildman–Crippen LogP) is 2.52. The van der Waals surface area contributed by atoms with Gasteiger partial charge in [-0.3, -0.25) is 0 Å². The second-order valence-corrected chi connectivity index (χ2v) is 3.84. The molecule has 0 aliphatic heterocycles. The van der Waals surface area contributed by atoms with E-state index in [9.17, 15) is 18.0 Å². The average molecular weight is 283 g/mol. The van der Waals surface area contributed by atoms with Crippen LogP contribution in [0.1, 0.15) is 10.4 Å². The highest BCUT2D eigenvalue weighted by atomic mass is 19.1. The third kappa shape index (κ3) is 2.63. The van der Waals surface area contributed by atoms with Crippen LogP contribution < -0.4 is 11.1 Å². The Hall–Kier alpha value is -2.77. The van der Waals surface area contributed by atoms with Crippen LogP contribution in [0.3, 0.4) is 0 Å². The number of carbonyl (C=O) groups is 1. The zero-order valence-corrected chi connectivity index (χ0v) is 9.82. The van der Waals surface area contributed by atoms with Gasteiger partial charge in [0, 0.05) is 12.1 Å². The van der Waals surface area contributed by atoms with Crippen LogP contribution >= 0.6 is 0 Å². The van der Waals surface area contributed by atoms with E-state index in [4.69, 9.17) is 10.8 Å².